The van der Waals surface area contributed by atoms with Gasteiger partial charge in [-0.15, -0.1) is 0 Å². The van der Waals surface area contributed by atoms with Crippen molar-refractivity contribution in [3.8, 4) is 17.2 Å². The minimum Gasteiger partial charge on any atom is -0.496 e. The first-order valence-electron chi connectivity index (χ1n) is 12.1. The molecule has 1 atom stereocenters. The second-order valence-electron chi connectivity index (χ2n) is 9.76. The zero-order chi connectivity index (χ0) is 23.4. The van der Waals surface area contributed by atoms with Crippen molar-refractivity contribution >= 4 is 27.9 Å². The normalized spacial score (nSPS) is 18.7. The van der Waals surface area contributed by atoms with E-state index in [1.54, 1.807) is 7.11 Å². The van der Waals surface area contributed by atoms with Crippen molar-refractivity contribution in [3.05, 3.63) is 47.7 Å². The number of hydrogen-bond donors (Lipinski definition) is 1. The molecule has 1 aliphatic carbocycles. The smallest absolute Gasteiger partial charge is 0.254 e. The first kappa shape index (κ1) is 21.2. The molecule has 1 aliphatic heterocycles. The largest absolute Gasteiger partial charge is 0.496 e. The predicted molar refractivity (Wildman–Crippen MR) is 132 cm³/mol. The Labute approximate surface area is 198 Å². The van der Waals surface area contributed by atoms with E-state index >= 15 is 0 Å². The van der Waals surface area contributed by atoms with Gasteiger partial charge in [0.15, 0.2) is 5.76 Å². The Balaban J connectivity index is 1.47. The first-order valence-corrected chi connectivity index (χ1v) is 12.1. The fraction of sp³-hybridized carbons (Fsp3) is 0.407. The van der Waals surface area contributed by atoms with Gasteiger partial charge >= 0.3 is 0 Å². The summed E-state index contributed by atoms with van der Waals surface area (Å²) in [4.78, 5) is 19.8. The topological polar surface area (TPSA) is 86.5 Å². The van der Waals surface area contributed by atoms with Gasteiger partial charge < -0.3 is 24.4 Å². The molecule has 1 saturated carbocycles. The highest BCUT2D eigenvalue weighted by Crippen LogP contribution is 2.42. The average molecular weight is 459 g/mol. The van der Waals surface area contributed by atoms with Crippen molar-refractivity contribution in [3.63, 3.8) is 0 Å². The summed E-state index contributed by atoms with van der Waals surface area (Å²) >= 11 is 0. The third-order valence-electron chi connectivity index (χ3n) is 7.23. The van der Waals surface area contributed by atoms with E-state index in [0.29, 0.717) is 29.4 Å². The van der Waals surface area contributed by atoms with Gasteiger partial charge in [-0.25, -0.2) is 4.98 Å². The number of likely N-dealkylation sites (tertiary alicyclic amines) is 1. The molecule has 3 aromatic heterocycles. The van der Waals surface area contributed by atoms with E-state index in [2.05, 4.69) is 28.6 Å². The molecular formula is C27H30N4O3. The highest BCUT2D eigenvalue weighted by atomic mass is 16.5. The van der Waals surface area contributed by atoms with Crippen LogP contribution in [0.2, 0.25) is 0 Å². The Hall–Kier alpha value is -3.32. The number of hydrogen-bond acceptors (Lipinski definition) is 5. The highest BCUT2D eigenvalue weighted by Gasteiger charge is 2.28. The van der Waals surface area contributed by atoms with Crippen molar-refractivity contribution in [1.29, 1.82) is 0 Å². The Bertz CT molecular complexity index is 1400. The minimum atomic E-state index is -0.0296. The number of methoxy groups -OCH3 is 1. The number of piperidine rings is 1. The maximum absolute atomic E-state index is 13.3. The SMILES string of the molecule is COc1cc(C(=O)N2CCCC(N)C2)cc2oc(-c3cc4cccnc4n3CC3CC3)c(C)c12. The third-order valence-corrected chi connectivity index (χ3v) is 7.23. The van der Waals surface area contributed by atoms with E-state index in [1.807, 2.05) is 29.3 Å². The summed E-state index contributed by atoms with van der Waals surface area (Å²) < 4.78 is 14.5. The lowest BCUT2D eigenvalue weighted by Crippen LogP contribution is -2.45. The van der Waals surface area contributed by atoms with Gasteiger partial charge in [-0.1, -0.05) is 0 Å². The number of benzene rings is 1. The van der Waals surface area contributed by atoms with Crippen LogP contribution in [0.15, 0.2) is 40.9 Å². The molecule has 34 heavy (non-hydrogen) atoms. The van der Waals surface area contributed by atoms with Crippen LogP contribution in [0.25, 0.3) is 33.5 Å². The van der Waals surface area contributed by atoms with Crippen LogP contribution in [-0.2, 0) is 6.54 Å². The van der Waals surface area contributed by atoms with E-state index in [1.165, 1.54) is 12.8 Å². The van der Waals surface area contributed by atoms with Crippen LogP contribution in [0.3, 0.4) is 0 Å². The minimum absolute atomic E-state index is 0.0296. The molecule has 1 unspecified atom stereocenters. The lowest BCUT2D eigenvalue weighted by molar-refractivity contribution is 0.0708. The summed E-state index contributed by atoms with van der Waals surface area (Å²) in [5.74, 6) is 2.11. The number of carbonyl (C=O) groups excluding carboxylic acids is 1. The number of fused-ring (bicyclic) bond motifs is 2. The van der Waals surface area contributed by atoms with Gasteiger partial charge in [0.25, 0.3) is 5.91 Å². The highest BCUT2D eigenvalue weighted by molar-refractivity contribution is 6.02. The molecule has 1 saturated heterocycles. The standard InChI is InChI=1S/C27H30N4O3/c1-16-24-22(33-2)12-19(27(32)30-10-4-6-20(28)15-30)13-23(24)34-25(16)21-11-18-5-3-9-29-26(18)31(21)14-17-7-8-17/h3,5,9,11-13,17,20H,4,6-8,10,14-15,28H2,1-2H3. The number of carbonyl (C=O) groups is 1. The van der Waals surface area contributed by atoms with Crippen LogP contribution in [0.1, 0.15) is 41.6 Å². The zero-order valence-corrected chi connectivity index (χ0v) is 19.7. The number of amides is 1. The molecule has 7 nitrogen and oxygen atoms in total. The van der Waals surface area contributed by atoms with Crippen molar-refractivity contribution < 1.29 is 13.9 Å². The van der Waals surface area contributed by atoms with Gasteiger partial charge in [0.2, 0.25) is 0 Å². The fourth-order valence-corrected chi connectivity index (χ4v) is 5.26. The summed E-state index contributed by atoms with van der Waals surface area (Å²) in [5, 5.41) is 2.00. The van der Waals surface area contributed by atoms with Gasteiger partial charge in [0.05, 0.1) is 18.2 Å². The van der Waals surface area contributed by atoms with E-state index < -0.39 is 0 Å². The number of ether oxygens (including phenoxy) is 1. The third kappa shape index (κ3) is 3.55. The Morgan fingerprint density at radius 1 is 1.26 bits per heavy atom. The molecule has 2 aliphatic rings. The summed E-state index contributed by atoms with van der Waals surface area (Å²) in [6.07, 6.45) is 6.23. The fourth-order valence-electron chi connectivity index (χ4n) is 5.26. The number of furan rings is 1. The summed E-state index contributed by atoms with van der Waals surface area (Å²) in [6, 6.07) is 9.92. The van der Waals surface area contributed by atoms with Crippen LogP contribution in [0.5, 0.6) is 5.75 Å². The van der Waals surface area contributed by atoms with Crippen LogP contribution >= 0.6 is 0 Å². The van der Waals surface area contributed by atoms with Gasteiger partial charge in [-0.3, -0.25) is 4.79 Å². The van der Waals surface area contributed by atoms with Gasteiger partial charge in [0, 0.05) is 48.4 Å². The van der Waals surface area contributed by atoms with Gasteiger partial charge in [-0.2, -0.15) is 0 Å². The maximum Gasteiger partial charge on any atom is 0.254 e. The van der Waals surface area contributed by atoms with Crippen molar-refractivity contribution in [2.45, 2.75) is 45.2 Å². The Morgan fingerprint density at radius 3 is 2.88 bits per heavy atom. The number of nitrogens with two attached hydrogens (primary N) is 1. The first-order chi connectivity index (χ1) is 16.5. The van der Waals surface area contributed by atoms with Crippen molar-refractivity contribution in [1.82, 2.24) is 14.5 Å². The number of rotatable bonds is 5. The quantitative estimate of drug-likeness (QED) is 0.467. The number of nitrogens with zero attached hydrogens (tertiary/aromatic N) is 3. The molecule has 0 spiro atoms. The molecule has 0 bridgehead atoms. The average Bonchev–Trinajstić information content (AvgIpc) is 3.52. The van der Waals surface area contributed by atoms with E-state index in [9.17, 15) is 4.79 Å². The molecule has 2 fully saturated rings. The molecule has 1 amide bonds. The van der Waals surface area contributed by atoms with E-state index in [0.717, 1.165) is 59.4 Å². The molecule has 7 heteroatoms. The molecule has 4 heterocycles. The number of pyridine rings is 1. The molecule has 0 radical (unpaired) electrons. The van der Waals surface area contributed by atoms with E-state index in [-0.39, 0.29) is 11.9 Å². The molecule has 1 aromatic carbocycles. The molecular weight excluding hydrogens is 428 g/mol. The van der Waals surface area contributed by atoms with E-state index in [4.69, 9.17) is 14.9 Å². The van der Waals surface area contributed by atoms with Crippen molar-refractivity contribution in [2.75, 3.05) is 20.2 Å². The predicted octanol–water partition coefficient (Wildman–Crippen LogP) is 4.74. The second kappa shape index (κ2) is 8.17. The molecule has 4 aromatic rings. The molecule has 176 valence electrons. The van der Waals surface area contributed by atoms with Crippen LogP contribution in [-0.4, -0.2) is 46.6 Å². The summed E-state index contributed by atoms with van der Waals surface area (Å²) in [7, 11) is 1.64. The maximum atomic E-state index is 13.3. The van der Waals surface area contributed by atoms with Crippen LogP contribution in [0.4, 0.5) is 0 Å². The van der Waals surface area contributed by atoms with Crippen LogP contribution in [0, 0.1) is 12.8 Å². The molecule has 2 N–H and O–H groups in total. The van der Waals surface area contributed by atoms with Crippen LogP contribution < -0.4 is 10.5 Å². The number of aryl methyl sites for hydroxylation is 1. The summed E-state index contributed by atoms with van der Waals surface area (Å²) in [6.45, 7) is 4.29. The Morgan fingerprint density at radius 2 is 2.12 bits per heavy atom. The Kier molecular flexibility index (Phi) is 5.10. The van der Waals surface area contributed by atoms with Gasteiger partial charge in [0.1, 0.15) is 17.0 Å². The molecule has 6 rings (SSSR count). The van der Waals surface area contributed by atoms with Gasteiger partial charge in [-0.05, 0) is 68.9 Å². The zero-order valence-electron chi connectivity index (χ0n) is 19.7. The summed E-state index contributed by atoms with van der Waals surface area (Å²) in [5.41, 5.74) is 10.3. The lowest BCUT2D eigenvalue weighted by Gasteiger charge is -2.30. The number of aromatic nitrogens is 2. The lowest BCUT2D eigenvalue weighted by atomic mass is 10.0. The van der Waals surface area contributed by atoms with Crippen molar-refractivity contribution in [2.24, 2.45) is 11.7 Å². The second-order valence-corrected chi connectivity index (χ2v) is 9.76. The monoisotopic (exact) mass is 458 g/mol.